The van der Waals surface area contributed by atoms with E-state index < -0.39 is 23.6 Å². The van der Waals surface area contributed by atoms with Crippen LogP contribution in [0.15, 0.2) is 36.9 Å². The molecule has 1 N–H and O–H groups in total. The van der Waals surface area contributed by atoms with Crippen molar-refractivity contribution in [2.75, 3.05) is 0 Å². The Bertz CT molecular complexity index is 438. The molecule has 0 aliphatic heterocycles. The number of carbonyl (C=O) groups is 1. The maximum absolute atomic E-state index is 12.7. The first-order valence-corrected chi connectivity index (χ1v) is 5.36. The van der Waals surface area contributed by atoms with Crippen molar-refractivity contribution in [3.05, 3.63) is 48.0 Å². The van der Waals surface area contributed by atoms with Gasteiger partial charge in [-0.15, -0.1) is 6.58 Å². The Morgan fingerprint density at radius 3 is 2.50 bits per heavy atom. The summed E-state index contributed by atoms with van der Waals surface area (Å²) in [6.07, 6.45) is -3.02. The molecular formula is C13H13F3O2. The molecule has 5 heteroatoms. The lowest BCUT2D eigenvalue weighted by molar-refractivity contribution is -0.140. The lowest BCUT2D eigenvalue weighted by atomic mass is 9.96. The van der Waals surface area contributed by atoms with Crippen molar-refractivity contribution in [3.63, 3.8) is 0 Å². The summed E-state index contributed by atoms with van der Waals surface area (Å²) in [5.41, 5.74) is -0.601. The molecule has 0 fully saturated rings. The van der Waals surface area contributed by atoms with Crippen molar-refractivity contribution < 1.29 is 23.1 Å². The monoisotopic (exact) mass is 258 g/mol. The third-order valence-corrected chi connectivity index (χ3v) is 2.65. The van der Waals surface area contributed by atoms with E-state index in [9.17, 15) is 18.0 Å². The molecule has 0 amide bonds. The highest BCUT2D eigenvalue weighted by Gasteiger charge is 2.32. The summed E-state index contributed by atoms with van der Waals surface area (Å²) < 4.78 is 38.0. The second-order valence-corrected chi connectivity index (χ2v) is 3.87. The van der Waals surface area contributed by atoms with Gasteiger partial charge < -0.3 is 5.11 Å². The van der Waals surface area contributed by atoms with Crippen LogP contribution >= 0.6 is 0 Å². The first kappa shape index (κ1) is 14.3. The van der Waals surface area contributed by atoms with Crippen LogP contribution in [0.5, 0.6) is 0 Å². The van der Waals surface area contributed by atoms with Crippen molar-refractivity contribution in [3.8, 4) is 0 Å². The molecule has 0 aliphatic carbocycles. The van der Waals surface area contributed by atoms with Crippen LogP contribution < -0.4 is 0 Å². The van der Waals surface area contributed by atoms with Gasteiger partial charge in [0, 0.05) is 0 Å². The van der Waals surface area contributed by atoms with Gasteiger partial charge in [0.15, 0.2) is 0 Å². The van der Waals surface area contributed by atoms with Crippen LogP contribution in [0.25, 0.3) is 0 Å². The first-order valence-electron chi connectivity index (χ1n) is 5.36. The Morgan fingerprint density at radius 1 is 1.39 bits per heavy atom. The summed E-state index contributed by atoms with van der Waals surface area (Å²) in [5.74, 6) is -1.90. The lowest BCUT2D eigenvalue weighted by Crippen LogP contribution is -2.14. The number of halogens is 3. The Balaban J connectivity index is 2.85. The number of carboxylic acids is 1. The number of hydrogen-bond donors (Lipinski definition) is 1. The molecule has 1 rings (SSSR count). The summed E-state index contributed by atoms with van der Waals surface area (Å²) in [4.78, 5) is 10.7. The summed E-state index contributed by atoms with van der Waals surface area (Å²) >= 11 is 0. The molecule has 0 radical (unpaired) electrons. The lowest BCUT2D eigenvalue weighted by Gasteiger charge is -2.13. The number of rotatable bonds is 5. The average molecular weight is 258 g/mol. The largest absolute Gasteiger partial charge is 0.481 e. The van der Waals surface area contributed by atoms with E-state index in [-0.39, 0.29) is 18.4 Å². The van der Waals surface area contributed by atoms with Crippen molar-refractivity contribution in [1.82, 2.24) is 0 Å². The van der Waals surface area contributed by atoms with E-state index >= 15 is 0 Å². The second-order valence-electron chi connectivity index (χ2n) is 3.87. The molecule has 1 atom stereocenters. The van der Waals surface area contributed by atoms with Crippen molar-refractivity contribution in [2.45, 2.75) is 19.0 Å². The van der Waals surface area contributed by atoms with E-state index in [0.29, 0.717) is 0 Å². The minimum atomic E-state index is -4.41. The SMILES string of the molecule is C=CC(CCc1ccccc1C(F)(F)F)C(=O)O. The van der Waals surface area contributed by atoms with Crippen LogP contribution in [-0.4, -0.2) is 11.1 Å². The normalized spacial score (nSPS) is 13.1. The van der Waals surface area contributed by atoms with E-state index in [2.05, 4.69) is 6.58 Å². The van der Waals surface area contributed by atoms with Crippen LogP contribution in [0, 0.1) is 5.92 Å². The molecule has 1 unspecified atom stereocenters. The van der Waals surface area contributed by atoms with Crippen molar-refractivity contribution in [1.29, 1.82) is 0 Å². The number of aryl methyl sites for hydroxylation is 1. The van der Waals surface area contributed by atoms with Gasteiger partial charge in [0.25, 0.3) is 0 Å². The van der Waals surface area contributed by atoms with E-state index in [1.807, 2.05) is 0 Å². The molecule has 0 heterocycles. The minimum absolute atomic E-state index is 0.0542. The third-order valence-electron chi connectivity index (χ3n) is 2.65. The average Bonchev–Trinajstić information content (AvgIpc) is 2.28. The molecule has 0 spiro atoms. The Kier molecular flexibility index (Phi) is 4.53. The Labute approximate surface area is 103 Å². The van der Waals surface area contributed by atoms with Crippen LogP contribution in [-0.2, 0) is 17.4 Å². The van der Waals surface area contributed by atoms with Gasteiger partial charge in [-0.3, -0.25) is 4.79 Å². The van der Waals surface area contributed by atoms with Crippen molar-refractivity contribution >= 4 is 5.97 Å². The maximum Gasteiger partial charge on any atom is 0.416 e. The van der Waals surface area contributed by atoms with E-state index in [1.165, 1.54) is 24.3 Å². The summed E-state index contributed by atoms with van der Waals surface area (Å²) in [6.45, 7) is 3.36. The fourth-order valence-electron chi connectivity index (χ4n) is 1.67. The third kappa shape index (κ3) is 3.61. The summed E-state index contributed by atoms with van der Waals surface area (Å²) in [6, 6.07) is 5.19. The van der Waals surface area contributed by atoms with E-state index in [0.717, 1.165) is 6.07 Å². The zero-order valence-corrected chi connectivity index (χ0v) is 9.57. The topological polar surface area (TPSA) is 37.3 Å². The van der Waals surface area contributed by atoms with Gasteiger partial charge in [0.05, 0.1) is 11.5 Å². The molecule has 0 aromatic heterocycles. The number of benzene rings is 1. The van der Waals surface area contributed by atoms with Gasteiger partial charge in [-0.1, -0.05) is 24.3 Å². The van der Waals surface area contributed by atoms with Gasteiger partial charge in [0.2, 0.25) is 0 Å². The molecule has 0 bridgehead atoms. The van der Waals surface area contributed by atoms with Crippen LogP contribution in [0.3, 0.4) is 0 Å². The highest BCUT2D eigenvalue weighted by molar-refractivity contribution is 5.71. The zero-order valence-electron chi connectivity index (χ0n) is 9.57. The fourth-order valence-corrected chi connectivity index (χ4v) is 1.67. The van der Waals surface area contributed by atoms with E-state index in [4.69, 9.17) is 5.11 Å². The van der Waals surface area contributed by atoms with Gasteiger partial charge in [-0.2, -0.15) is 13.2 Å². The highest BCUT2D eigenvalue weighted by atomic mass is 19.4. The summed E-state index contributed by atoms with van der Waals surface area (Å²) in [7, 11) is 0. The maximum atomic E-state index is 12.7. The molecule has 0 saturated heterocycles. The number of hydrogen-bond acceptors (Lipinski definition) is 1. The molecule has 0 saturated carbocycles. The zero-order chi connectivity index (χ0) is 13.8. The van der Waals surface area contributed by atoms with Gasteiger partial charge in [-0.05, 0) is 24.5 Å². The van der Waals surface area contributed by atoms with Crippen LogP contribution in [0.2, 0.25) is 0 Å². The van der Waals surface area contributed by atoms with E-state index in [1.54, 1.807) is 0 Å². The quantitative estimate of drug-likeness (QED) is 0.820. The molecule has 0 aliphatic rings. The number of carboxylic acid groups (broad SMARTS) is 1. The second kappa shape index (κ2) is 5.71. The van der Waals surface area contributed by atoms with Crippen molar-refractivity contribution in [2.24, 2.45) is 5.92 Å². The smallest absolute Gasteiger partial charge is 0.416 e. The Hall–Kier alpha value is -1.78. The predicted octanol–water partition coefficient (Wildman–Crippen LogP) is 3.52. The first-order chi connectivity index (χ1) is 8.36. The van der Waals surface area contributed by atoms with Gasteiger partial charge >= 0.3 is 12.1 Å². The fraction of sp³-hybridized carbons (Fsp3) is 0.308. The highest BCUT2D eigenvalue weighted by Crippen LogP contribution is 2.32. The molecular weight excluding hydrogens is 245 g/mol. The van der Waals surface area contributed by atoms with Gasteiger partial charge in [0.1, 0.15) is 0 Å². The minimum Gasteiger partial charge on any atom is -0.481 e. The molecule has 2 nitrogen and oxygen atoms in total. The summed E-state index contributed by atoms with van der Waals surface area (Å²) in [5, 5.41) is 8.79. The van der Waals surface area contributed by atoms with Crippen LogP contribution in [0.1, 0.15) is 17.5 Å². The predicted molar refractivity (Wildman–Crippen MR) is 61.1 cm³/mol. The molecule has 1 aromatic rings. The van der Waals surface area contributed by atoms with Crippen LogP contribution in [0.4, 0.5) is 13.2 Å². The van der Waals surface area contributed by atoms with Gasteiger partial charge in [-0.25, -0.2) is 0 Å². The number of aliphatic carboxylic acids is 1. The molecule has 1 aromatic carbocycles. The Morgan fingerprint density at radius 2 is 2.00 bits per heavy atom. The molecule has 18 heavy (non-hydrogen) atoms. The standard InChI is InChI=1S/C13H13F3O2/c1-2-9(12(17)18)7-8-10-5-3-4-6-11(10)13(14,15)16/h2-6,9H,1,7-8H2,(H,17,18). The molecule has 98 valence electrons. The number of alkyl halides is 3.